The summed E-state index contributed by atoms with van der Waals surface area (Å²) in [5, 5.41) is 0.861. The summed E-state index contributed by atoms with van der Waals surface area (Å²) in [7, 11) is 3.40. The fourth-order valence-corrected chi connectivity index (χ4v) is 5.27. The standard InChI is InChI=1S/C32H34F3N5O3/c1-21(2)20-39-13-15-40(16-14-39)31(42)28-18-23-17-26(10-11-27(23)38(28)4)43-29-12-9-25(19-36-29)37(3)30(41)22-5-7-24(8-6-22)32(33,34)35/h5-12,17-19,21H,13-16,20H2,1-4H3. The second-order valence-corrected chi connectivity index (χ2v) is 11.2. The third-order valence-electron chi connectivity index (χ3n) is 7.61. The van der Waals surface area contributed by atoms with E-state index in [4.69, 9.17) is 4.74 Å². The van der Waals surface area contributed by atoms with Crippen LogP contribution in [-0.4, -0.2) is 70.9 Å². The number of benzene rings is 2. The molecule has 0 spiro atoms. The Bertz CT molecular complexity index is 1610. The molecule has 2 amide bonds. The Balaban J connectivity index is 1.24. The molecule has 11 heteroatoms. The fourth-order valence-electron chi connectivity index (χ4n) is 5.27. The predicted molar refractivity (Wildman–Crippen MR) is 159 cm³/mol. The van der Waals surface area contributed by atoms with Crippen molar-refractivity contribution in [3.8, 4) is 11.6 Å². The SMILES string of the molecule is CC(C)CN1CCN(C(=O)c2cc3cc(Oc4ccc(N(C)C(=O)c5ccc(C(F)(F)F)cc5)cn4)ccc3n2C)CC1. The van der Waals surface area contributed by atoms with Gasteiger partial charge in [-0.3, -0.25) is 14.5 Å². The van der Waals surface area contributed by atoms with Crippen molar-refractivity contribution in [3.05, 3.63) is 83.7 Å². The van der Waals surface area contributed by atoms with Gasteiger partial charge in [-0.05, 0) is 60.5 Å². The Morgan fingerprint density at radius 3 is 2.28 bits per heavy atom. The van der Waals surface area contributed by atoms with Crippen LogP contribution in [0, 0.1) is 5.92 Å². The summed E-state index contributed by atoms with van der Waals surface area (Å²) in [5.41, 5.74) is 1.28. The van der Waals surface area contributed by atoms with Gasteiger partial charge in [0.15, 0.2) is 0 Å². The first-order valence-electron chi connectivity index (χ1n) is 14.1. The van der Waals surface area contributed by atoms with Gasteiger partial charge in [0.05, 0.1) is 17.4 Å². The number of anilines is 1. The molecule has 226 valence electrons. The van der Waals surface area contributed by atoms with Crippen LogP contribution in [0.3, 0.4) is 0 Å². The van der Waals surface area contributed by atoms with Crippen molar-refractivity contribution in [2.45, 2.75) is 20.0 Å². The molecule has 43 heavy (non-hydrogen) atoms. The number of alkyl halides is 3. The molecule has 1 aliphatic rings. The molecule has 1 aliphatic heterocycles. The van der Waals surface area contributed by atoms with Crippen LogP contribution in [-0.2, 0) is 13.2 Å². The molecule has 0 aliphatic carbocycles. The smallest absolute Gasteiger partial charge is 0.416 e. The highest BCUT2D eigenvalue weighted by molar-refractivity contribution is 6.05. The Morgan fingerprint density at radius 2 is 1.67 bits per heavy atom. The first-order chi connectivity index (χ1) is 20.4. The van der Waals surface area contributed by atoms with Gasteiger partial charge in [0.25, 0.3) is 11.8 Å². The minimum absolute atomic E-state index is 0.0117. The average molecular weight is 594 g/mol. The first kappa shape index (κ1) is 30.1. The van der Waals surface area contributed by atoms with Gasteiger partial charge in [0.1, 0.15) is 11.4 Å². The Hall–Kier alpha value is -4.38. The van der Waals surface area contributed by atoms with Crippen molar-refractivity contribution < 1.29 is 27.5 Å². The predicted octanol–water partition coefficient (Wildman–Crippen LogP) is 6.07. The number of fused-ring (bicyclic) bond motifs is 1. The van der Waals surface area contributed by atoms with Crippen LogP contribution in [0.2, 0.25) is 0 Å². The van der Waals surface area contributed by atoms with Crippen LogP contribution < -0.4 is 9.64 Å². The number of pyridine rings is 1. The lowest BCUT2D eigenvalue weighted by atomic mass is 10.1. The summed E-state index contributed by atoms with van der Waals surface area (Å²) in [4.78, 5) is 36.0. The zero-order chi connectivity index (χ0) is 30.9. The van der Waals surface area contributed by atoms with E-state index in [1.165, 1.54) is 18.1 Å². The zero-order valence-corrected chi connectivity index (χ0v) is 24.6. The van der Waals surface area contributed by atoms with Crippen molar-refractivity contribution >= 4 is 28.4 Å². The lowest BCUT2D eigenvalue weighted by molar-refractivity contribution is -0.137. The van der Waals surface area contributed by atoms with Crippen LogP contribution in [0.5, 0.6) is 11.6 Å². The molecule has 1 fully saturated rings. The van der Waals surface area contributed by atoms with E-state index < -0.39 is 17.6 Å². The van der Waals surface area contributed by atoms with E-state index in [0.717, 1.165) is 54.8 Å². The summed E-state index contributed by atoms with van der Waals surface area (Å²) in [6.07, 6.45) is -3.02. The first-order valence-corrected chi connectivity index (χ1v) is 14.1. The number of aromatic nitrogens is 2. The lowest BCUT2D eigenvalue weighted by Crippen LogP contribution is -2.49. The molecule has 4 aromatic rings. The molecule has 2 aromatic carbocycles. The van der Waals surface area contributed by atoms with Gasteiger partial charge in [-0.25, -0.2) is 4.98 Å². The molecular formula is C32H34F3N5O3. The number of ether oxygens (including phenoxy) is 1. The minimum atomic E-state index is -4.47. The van der Waals surface area contributed by atoms with Gasteiger partial charge in [0, 0.05) is 69.4 Å². The summed E-state index contributed by atoms with van der Waals surface area (Å²) >= 11 is 0. The number of carbonyl (C=O) groups excluding carboxylic acids is 2. The largest absolute Gasteiger partial charge is 0.439 e. The fraction of sp³-hybridized carbons (Fsp3) is 0.344. The molecule has 3 heterocycles. The summed E-state index contributed by atoms with van der Waals surface area (Å²) < 4.78 is 46.4. The van der Waals surface area contributed by atoms with Crippen molar-refractivity contribution in [1.29, 1.82) is 0 Å². The summed E-state index contributed by atoms with van der Waals surface area (Å²) in [6.45, 7) is 8.59. The van der Waals surface area contributed by atoms with Gasteiger partial charge in [-0.15, -0.1) is 0 Å². The summed E-state index contributed by atoms with van der Waals surface area (Å²) in [6, 6.07) is 14.7. The van der Waals surface area contributed by atoms with Crippen LogP contribution >= 0.6 is 0 Å². The van der Waals surface area contributed by atoms with E-state index in [1.54, 1.807) is 18.2 Å². The Kier molecular flexibility index (Phi) is 8.45. The second kappa shape index (κ2) is 12.1. The number of nitrogens with zero attached hydrogens (tertiary/aromatic N) is 5. The Morgan fingerprint density at radius 1 is 0.977 bits per heavy atom. The maximum absolute atomic E-state index is 13.3. The monoisotopic (exact) mass is 593 g/mol. The normalized spacial score (nSPS) is 14.4. The van der Waals surface area contributed by atoms with Crippen molar-refractivity contribution in [2.24, 2.45) is 13.0 Å². The van der Waals surface area contributed by atoms with Gasteiger partial charge in [-0.2, -0.15) is 13.2 Å². The van der Waals surface area contributed by atoms with Gasteiger partial charge >= 0.3 is 6.18 Å². The number of aryl methyl sites for hydroxylation is 1. The number of piperazine rings is 1. The van der Waals surface area contributed by atoms with Gasteiger partial charge < -0.3 is 19.1 Å². The van der Waals surface area contributed by atoms with E-state index in [0.29, 0.717) is 42.0 Å². The van der Waals surface area contributed by atoms with E-state index in [1.807, 2.05) is 34.7 Å². The third kappa shape index (κ3) is 6.67. The highest BCUT2D eigenvalue weighted by atomic mass is 19.4. The number of amides is 2. The van der Waals surface area contributed by atoms with Crippen LogP contribution in [0.1, 0.15) is 40.3 Å². The van der Waals surface area contributed by atoms with E-state index in [2.05, 4.69) is 23.7 Å². The molecule has 8 nitrogen and oxygen atoms in total. The number of halogens is 3. The van der Waals surface area contributed by atoms with Crippen molar-refractivity contribution in [1.82, 2.24) is 19.4 Å². The average Bonchev–Trinajstić information content (AvgIpc) is 3.31. The van der Waals surface area contributed by atoms with E-state index in [9.17, 15) is 22.8 Å². The van der Waals surface area contributed by atoms with Crippen LogP contribution in [0.15, 0.2) is 66.9 Å². The Labute approximate surface area is 248 Å². The number of hydrogen-bond acceptors (Lipinski definition) is 5. The zero-order valence-electron chi connectivity index (χ0n) is 24.6. The molecule has 0 bridgehead atoms. The number of rotatable bonds is 7. The molecular weight excluding hydrogens is 559 g/mol. The molecule has 2 aromatic heterocycles. The van der Waals surface area contributed by atoms with E-state index in [-0.39, 0.29) is 11.5 Å². The van der Waals surface area contributed by atoms with Crippen LogP contribution in [0.4, 0.5) is 18.9 Å². The maximum atomic E-state index is 13.3. The minimum Gasteiger partial charge on any atom is -0.439 e. The van der Waals surface area contributed by atoms with Crippen molar-refractivity contribution in [2.75, 3.05) is 44.7 Å². The molecule has 5 rings (SSSR count). The highest BCUT2D eigenvalue weighted by Gasteiger charge is 2.30. The van der Waals surface area contributed by atoms with Gasteiger partial charge in [0.2, 0.25) is 5.88 Å². The number of carbonyl (C=O) groups is 2. The second-order valence-electron chi connectivity index (χ2n) is 11.2. The third-order valence-corrected chi connectivity index (χ3v) is 7.61. The quantitative estimate of drug-likeness (QED) is 0.260. The molecule has 0 saturated carbocycles. The maximum Gasteiger partial charge on any atom is 0.416 e. The molecule has 0 radical (unpaired) electrons. The summed E-state index contributed by atoms with van der Waals surface area (Å²) in [5.74, 6) is 0.967. The topological polar surface area (TPSA) is 70.9 Å². The molecule has 0 unspecified atom stereocenters. The lowest BCUT2D eigenvalue weighted by Gasteiger charge is -2.35. The molecule has 1 saturated heterocycles. The van der Waals surface area contributed by atoms with Gasteiger partial charge in [-0.1, -0.05) is 13.8 Å². The number of hydrogen-bond donors (Lipinski definition) is 0. The van der Waals surface area contributed by atoms with Crippen molar-refractivity contribution in [3.63, 3.8) is 0 Å². The van der Waals surface area contributed by atoms with Crippen LogP contribution in [0.25, 0.3) is 10.9 Å². The van der Waals surface area contributed by atoms with E-state index >= 15 is 0 Å². The molecule has 0 atom stereocenters. The highest BCUT2D eigenvalue weighted by Crippen LogP contribution is 2.30. The molecule has 0 N–H and O–H groups in total.